The zero-order valence-corrected chi connectivity index (χ0v) is 22.6. The molecule has 3 aromatic heterocycles. The Morgan fingerprint density at radius 2 is 1.55 bits per heavy atom. The number of para-hydroxylation sites is 2. The van der Waals surface area contributed by atoms with E-state index in [1.54, 1.807) is 29.8 Å². The van der Waals surface area contributed by atoms with Gasteiger partial charge < -0.3 is 4.74 Å². The third-order valence-electron chi connectivity index (χ3n) is 6.06. The van der Waals surface area contributed by atoms with Crippen molar-refractivity contribution >= 4 is 56.9 Å². The summed E-state index contributed by atoms with van der Waals surface area (Å²) in [6.07, 6.45) is 1.93. The number of halogens is 2. The molecule has 188 valence electrons. The highest BCUT2D eigenvalue weighted by atomic mass is 35.5. The van der Waals surface area contributed by atoms with Crippen LogP contribution in [0.3, 0.4) is 0 Å². The number of benzene rings is 3. The highest BCUT2D eigenvalue weighted by Gasteiger charge is 2.24. The largest absolute Gasteiger partial charge is 0.424 e. The highest BCUT2D eigenvalue weighted by Crippen LogP contribution is 2.36. The molecule has 6 aromatic rings. The van der Waals surface area contributed by atoms with Gasteiger partial charge in [-0.05, 0) is 55.6 Å². The Morgan fingerprint density at radius 1 is 0.868 bits per heavy atom. The molecule has 6 rings (SSSR count). The maximum Gasteiger partial charge on any atom is 0.310 e. The number of aryl methyl sites for hydroxylation is 1. The number of aromatic nitrogens is 5. The molecule has 0 aliphatic heterocycles. The number of ether oxygens (including phenoxy) is 1. The lowest BCUT2D eigenvalue weighted by atomic mass is 10.2. The Morgan fingerprint density at radius 3 is 2.21 bits per heavy atom. The van der Waals surface area contributed by atoms with Crippen molar-refractivity contribution in [1.82, 2.24) is 24.3 Å². The van der Waals surface area contributed by atoms with Gasteiger partial charge in [0.1, 0.15) is 10.8 Å². The molecule has 0 N–H and O–H groups in total. The molecule has 0 aliphatic carbocycles. The van der Waals surface area contributed by atoms with Crippen molar-refractivity contribution in [2.24, 2.45) is 0 Å². The van der Waals surface area contributed by atoms with E-state index in [9.17, 15) is 4.79 Å². The Kier molecular flexibility index (Phi) is 6.31. The average Bonchev–Trinajstić information content (AvgIpc) is 3.30. The summed E-state index contributed by atoms with van der Waals surface area (Å²) in [4.78, 5) is 23.9. The summed E-state index contributed by atoms with van der Waals surface area (Å²) in [6, 6.07) is 23.9. The molecular weight excluding hydrogens is 541 g/mol. The van der Waals surface area contributed by atoms with Crippen molar-refractivity contribution in [3.63, 3.8) is 0 Å². The van der Waals surface area contributed by atoms with E-state index in [2.05, 4.69) is 0 Å². The van der Waals surface area contributed by atoms with E-state index in [0.717, 1.165) is 5.69 Å². The molecule has 7 nitrogen and oxygen atoms in total. The summed E-state index contributed by atoms with van der Waals surface area (Å²) in [5.41, 5.74) is 2.73. The van der Waals surface area contributed by atoms with Gasteiger partial charge >= 0.3 is 6.01 Å². The third-order valence-corrected chi connectivity index (χ3v) is 7.26. The van der Waals surface area contributed by atoms with E-state index < -0.39 is 0 Å². The van der Waals surface area contributed by atoms with Crippen molar-refractivity contribution in [1.29, 1.82) is 0 Å². The Balaban J connectivity index is 1.71. The molecule has 38 heavy (non-hydrogen) atoms. The summed E-state index contributed by atoms with van der Waals surface area (Å²) < 4.78 is 9.40. The first-order chi connectivity index (χ1) is 18.5. The lowest BCUT2D eigenvalue weighted by Gasteiger charge is -2.16. The van der Waals surface area contributed by atoms with E-state index in [1.165, 1.54) is 16.3 Å². The van der Waals surface area contributed by atoms with Crippen LogP contribution < -0.4 is 10.3 Å². The van der Waals surface area contributed by atoms with Crippen LogP contribution in [0.2, 0.25) is 10.0 Å². The van der Waals surface area contributed by atoms with Gasteiger partial charge in [-0.15, -0.1) is 11.8 Å². The zero-order chi connectivity index (χ0) is 26.4. The second-order valence-corrected chi connectivity index (χ2v) is 10.1. The van der Waals surface area contributed by atoms with Gasteiger partial charge in [-0.3, -0.25) is 4.79 Å². The molecule has 0 aliphatic rings. The van der Waals surface area contributed by atoms with Gasteiger partial charge in [0.25, 0.3) is 5.56 Å². The first kappa shape index (κ1) is 24.5. The Bertz CT molecular complexity index is 1890. The molecular formula is C28H19Cl2N5O2S. The minimum Gasteiger partial charge on any atom is -0.424 e. The summed E-state index contributed by atoms with van der Waals surface area (Å²) in [7, 11) is 0. The van der Waals surface area contributed by atoms with Gasteiger partial charge in [0.15, 0.2) is 5.65 Å². The van der Waals surface area contributed by atoms with Gasteiger partial charge in [0, 0.05) is 5.02 Å². The molecule has 0 unspecified atom stereocenters. The molecule has 0 atom stereocenters. The van der Waals surface area contributed by atoms with E-state index in [-0.39, 0.29) is 11.6 Å². The summed E-state index contributed by atoms with van der Waals surface area (Å²) in [5, 5.41) is 7.33. The number of rotatable bonds is 5. The second-order valence-electron chi connectivity index (χ2n) is 8.42. The fraction of sp³-hybridized carbons (Fsp3) is 0.0714. The van der Waals surface area contributed by atoms with E-state index in [0.29, 0.717) is 54.1 Å². The van der Waals surface area contributed by atoms with Gasteiger partial charge in [0.05, 0.1) is 38.4 Å². The SMILES string of the molecule is CSc1nn(-c2ccccc2)c2nc(C)c3c(=O)n(-c4ccccc4)c(Oc4ccc(Cl)cc4Cl)nc3c12. The summed E-state index contributed by atoms with van der Waals surface area (Å²) >= 11 is 14.0. The van der Waals surface area contributed by atoms with E-state index >= 15 is 0 Å². The van der Waals surface area contributed by atoms with Crippen LogP contribution in [-0.2, 0) is 0 Å². The van der Waals surface area contributed by atoms with Crippen molar-refractivity contribution in [2.45, 2.75) is 11.9 Å². The Hall–Kier alpha value is -3.85. The number of hydrogen-bond acceptors (Lipinski definition) is 6. The van der Waals surface area contributed by atoms with Crippen molar-refractivity contribution in [3.8, 4) is 23.1 Å². The van der Waals surface area contributed by atoms with Crippen LogP contribution in [0.5, 0.6) is 11.8 Å². The third kappa shape index (κ3) is 4.11. The molecule has 0 saturated carbocycles. The van der Waals surface area contributed by atoms with Crippen molar-refractivity contribution in [3.05, 3.63) is 105 Å². The molecule has 0 fully saturated rings. The standard InChI is InChI=1S/C28H19Cl2N5O2S/c1-16-22-24(23-25(31-16)35(33-26(23)38-2)19-11-7-4-8-12-19)32-28(37-21-14-13-17(29)15-20(21)30)34(27(22)36)18-9-5-3-6-10-18/h3-15H,1-2H3. The topological polar surface area (TPSA) is 74.8 Å². The summed E-state index contributed by atoms with van der Waals surface area (Å²) in [6.45, 7) is 1.80. The second kappa shape index (κ2) is 9.79. The van der Waals surface area contributed by atoms with Gasteiger partial charge in [-0.25, -0.2) is 14.2 Å². The molecule has 0 spiro atoms. The van der Waals surface area contributed by atoms with Crippen LogP contribution in [0.25, 0.3) is 33.3 Å². The predicted molar refractivity (Wildman–Crippen MR) is 153 cm³/mol. The molecule has 0 amide bonds. The molecule has 0 radical (unpaired) electrons. The normalized spacial score (nSPS) is 11.4. The van der Waals surface area contributed by atoms with Crippen LogP contribution in [-0.4, -0.2) is 30.6 Å². The maximum absolute atomic E-state index is 14.1. The van der Waals surface area contributed by atoms with E-state index in [4.69, 9.17) is 43.0 Å². The maximum atomic E-state index is 14.1. The van der Waals surface area contributed by atoms with Crippen LogP contribution in [0.4, 0.5) is 0 Å². The van der Waals surface area contributed by atoms with Crippen molar-refractivity contribution in [2.75, 3.05) is 6.26 Å². The Labute approximate surface area is 231 Å². The molecule has 0 bridgehead atoms. The average molecular weight is 560 g/mol. The molecule has 0 saturated heterocycles. The first-order valence-corrected chi connectivity index (χ1v) is 13.6. The van der Waals surface area contributed by atoms with Crippen molar-refractivity contribution < 1.29 is 4.74 Å². The van der Waals surface area contributed by atoms with Crippen LogP contribution in [0.15, 0.2) is 88.7 Å². The number of hydrogen-bond donors (Lipinski definition) is 0. The minimum absolute atomic E-state index is 0.0596. The molecule has 10 heteroatoms. The lowest BCUT2D eigenvalue weighted by Crippen LogP contribution is -2.22. The fourth-order valence-corrected chi connectivity index (χ4v) is 5.35. The van der Waals surface area contributed by atoms with Crippen LogP contribution >= 0.6 is 35.0 Å². The number of thioether (sulfide) groups is 1. The monoisotopic (exact) mass is 559 g/mol. The lowest BCUT2D eigenvalue weighted by molar-refractivity contribution is 0.427. The molecule has 3 heterocycles. The molecule has 3 aromatic carbocycles. The van der Waals surface area contributed by atoms with Gasteiger partial charge in [-0.2, -0.15) is 10.1 Å². The highest BCUT2D eigenvalue weighted by molar-refractivity contribution is 7.98. The quantitative estimate of drug-likeness (QED) is 0.207. The fourth-order valence-electron chi connectivity index (χ4n) is 4.35. The van der Waals surface area contributed by atoms with Crippen LogP contribution in [0.1, 0.15) is 5.69 Å². The minimum atomic E-state index is -0.312. The first-order valence-electron chi connectivity index (χ1n) is 11.6. The summed E-state index contributed by atoms with van der Waals surface area (Å²) in [5.74, 6) is 0.319. The van der Waals surface area contributed by atoms with Crippen LogP contribution in [0, 0.1) is 6.92 Å². The smallest absolute Gasteiger partial charge is 0.310 e. The van der Waals surface area contributed by atoms with E-state index in [1.807, 2.05) is 66.9 Å². The zero-order valence-electron chi connectivity index (χ0n) is 20.2. The number of nitrogens with zero attached hydrogens (tertiary/aromatic N) is 5. The van der Waals surface area contributed by atoms with Gasteiger partial charge in [0.2, 0.25) is 0 Å². The predicted octanol–water partition coefficient (Wildman–Crippen LogP) is 7.25. The van der Waals surface area contributed by atoms with Gasteiger partial charge in [-0.1, -0.05) is 59.6 Å². The number of fused-ring (bicyclic) bond motifs is 3. The number of pyridine rings is 1.